The fraction of sp³-hybridized carbons (Fsp3) is 0.750. The van der Waals surface area contributed by atoms with Gasteiger partial charge in [0.05, 0.1) is 13.1 Å². The van der Waals surface area contributed by atoms with Crippen LogP contribution in [0, 0.1) is 0 Å². The van der Waals surface area contributed by atoms with E-state index in [0.29, 0.717) is 0 Å². The molecule has 0 spiro atoms. The SMILES string of the molecule is CCCCCCCCC(C)(Oc1ccccc1)[N+](CC)(CC)CC(O)CC.[Br-]. The number of unbranched alkanes of at least 4 members (excludes halogenated alkanes) is 5. The van der Waals surface area contributed by atoms with Crippen molar-refractivity contribution in [2.45, 2.75) is 97.8 Å². The molecule has 28 heavy (non-hydrogen) atoms. The van der Waals surface area contributed by atoms with Crippen molar-refractivity contribution in [1.29, 1.82) is 0 Å². The number of halogens is 1. The predicted molar refractivity (Wildman–Crippen MR) is 116 cm³/mol. The molecule has 0 amide bonds. The molecule has 0 aliphatic rings. The smallest absolute Gasteiger partial charge is 0.240 e. The minimum atomic E-state index is -0.328. The number of likely N-dealkylation sites (N-methyl/N-ethyl adjacent to an activating group) is 1. The topological polar surface area (TPSA) is 29.5 Å². The Hall–Kier alpha value is -0.580. The molecule has 2 atom stereocenters. The zero-order valence-corrected chi connectivity index (χ0v) is 20.5. The predicted octanol–water partition coefficient (Wildman–Crippen LogP) is 3.16. The Balaban J connectivity index is 0.00000729. The number of aliphatic hydroxyl groups excluding tert-OH is 1. The van der Waals surface area contributed by atoms with Crippen LogP contribution < -0.4 is 21.7 Å². The summed E-state index contributed by atoms with van der Waals surface area (Å²) in [6.45, 7) is 13.7. The Morgan fingerprint density at radius 1 is 0.929 bits per heavy atom. The Morgan fingerprint density at radius 2 is 1.50 bits per heavy atom. The van der Waals surface area contributed by atoms with E-state index in [-0.39, 0.29) is 28.8 Å². The van der Waals surface area contributed by atoms with E-state index >= 15 is 0 Å². The van der Waals surface area contributed by atoms with Crippen LogP contribution in [0.5, 0.6) is 5.75 Å². The fourth-order valence-electron chi connectivity index (χ4n) is 4.24. The van der Waals surface area contributed by atoms with E-state index in [1.54, 1.807) is 0 Å². The molecule has 4 heteroatoms. The van der Waals surface area contributed by atoms with Crippen molar-refractivity contribution in [1.82, 2.24) is 0 Å². The molecule has 2 unspecified atom stereocenters. The van der Waals surface area contributed by atoms with Crippen LogP contribution >= 0.6 is 0 Å². The summed E-state index contributed by atoms with van der Waals surface area (Å²) in [5.74, 6) is 0.932. The quantitative estimate of drug-likeness (QED) is 0.249. The molecular formula is C24H44BrNO2. The molecule has 1 aromatic rings. The molecule has 0 bridgehead atoms. The van der Waals surface area contributed by atoms with Gasteiger partial charge >= 0.3 is 0 Å². The first-order valence-corrected chi connectivity index (χ1v) is 11.2. The zero-order valence-electron chi connectivity index (χ0n) is 18.9. The highest BCUT2D eigenvalue weighted by Gasteiger charge is 2.48. The molecular weight excluding hydrogens is 414 g/mol. The van der Waals surface area contributed by atoms with Gasteiger partial charge in [-0.2, -0.15) is 0 Å². The van der Waals surface area contributed by atoms with Gasteiger partial charge < -0.3 is 26.8 Å². The molecule has 1 N–H and O–H groups in total. The normalized spacial score (nSPS) is 14.8. The average Bonchev–Trinajstić information content (AvgIpc) is 2.69. The minimum Gasteiger partial charge on any atom is -1.00 e. The molecule has 3 nitrogen and oxygen atoms in total. The van der Waals surface area contributed by atoms with Gasteiger partial charge in [-0.1, -0.05) is 64.2 Å². The van der Waals surface area contributed by atoms with Gasteiger partial charge in [-0.15, -0.1) is 0 Å². The number of rotatable bonds is 15. The van der Waals surface area contributed by atoms with Gasteiger partial charge in [0.2, 0.25) is 5.72 Å². The molecule has 0 aromatic heterocycles. The molecule has 1 rings (SSSR count). The largest absolute Gasteiger partial charge is 1.00 e. The summed E-state index contributed by atoms with van der Waals surface area (Å²) in [5.41, 5.74) is -0.328. The first-order chi connectivity index (χ1) is 13.0. The first-order valence-electron chi connectivity index (χ1n) is 11.2. The minimum absolute atomic E-state index is 0. The van der Waals surface area contributed by atoms with Gasteiger partial charge in [-0.3, -0.25) is 4.48 Å². The summed E-state index contributed by atoms with van der Waals surface area (Å²) in [4.78, 5) is 0. The van der Waals surface area contributed by atoms with Gasteiger partial charge in [0.1, 0.15) is 18.4 Å². The molecule has 0 saturated carbocycles. The third kappa shape index (κ3) is 8.04. The number of hydrogen-bond donors (Lipinski definition) is 1. The van der Waals surface area contributed by atoms with Crippen LogP contribution in [-0.4, -0.2) is 41.1 Å². The molecule has 0 saturated heterocycles. The maximum Gasteiger partial charge on any atom is 0.240 e. The van der Waals surface area contributed by atoms with Crippen LogP contribution in [0.4, 0.5) is 0 Å². The van der Waals surface area contributed by atoms with Crippen molar-refractivity contribution in [3.8, 4) is 5.75 Å². The molecule has 0 fully saturated rings. The van der Waals surface area contributed by atoms with Gasteiger partial charge in [0.15, 0.2) is 0 Å². The summed E-state index contributed by atoms with van der Waals surface area (Å²) < 4.78 is 7.48. The van der Waals surface area contributed by atoms with Gasteiger partial charge in [-0.25, -0.2) is 0 Å². The molecule has 0 heterocycles. The summed E-state index contributed by atoms with van der Waals surface area (Å²) >= 11 is 0. The number of quaternary nitrogens is 1. The molecule has 0 aliphatic heterocycles. The highest BCUT2D eigenvalue weighted by Crippen LogP contribution is 2.34. The first kappa shape index (κ1) is 27.4. The summed E-state index contributed by atoms with van der Waals surface area (Å²) in [6, 6.07) is 10.2. The lowest BCUT2D eigenvalue weighted by Crippen LogP contribution is -3.00. The van der Waals surface area contributed by atoms with Crippen LogP contribution in [0.1, 0.15) is 86.0 Å². The molecule has 164 valence electrons. The fourth-order valence-corrected chi connectivity index (χ4v) is 4.24. The third-order valence-corrected chi connectivity index (χ3v) is 6.32. The van der Waals surface area contributed by atoms with E-state index in [1.165, 1.54) is 38.5 Å². The molecule has 0 aliphatic carbocycles. The van der Waals surface area contributed by atoms with E-state index in [2.05, 4.69) is 46.8 Å². The van der Waals surface area contributed by atoms with Crippen molar-refractivity contribution < 1.29 is 31.3 Å². The second kappa shape index (κ2) is 14.4. The van der Waals surface area contributed by atoms with Crippen LogP contribution in [0.15, 0.2) is 30.3 Å². The Labute approximate surface area is 184 Å². The van der Waals surface area contributed by atoms with E-state index in [4.69, 9.17) is 4.74 Å². The van der Waals surface area contributed by atoms with Crippen molar-refractivity contribution in [2.75, 3.05) is 19.6 Å². The average molecular weight is 459 g/mol. The van der Waals surface area contributed by atoms with Crippen molar-refractivity contribution in [3.63, 3.8) is 0 Å². The lowest BCUT2D eigenvalue weighted by molar-refractivity contribution is -0.993. The van der Waals surface area contributed by atoms with Crippen molar-refractivity contribution >= 4 is 0 Å². The highest BCUT2D eigenvalue weighted by atomic mass is 79.9. The summed E-state index contributed by atoms with van der Waals surface area (Å²) in [6.07, 6.45) is 9.23. The number of para-hydroxylation sites is 1. The van der Waals surface area contributed by atoms with Crippen molar-refractivity contribution in [3.05, 3.63) is 30.3 Å². The number of hydrogen-bond acceptors (Lipinski definition) is 2. The van der Waals surface area contributed by atoms with Gasteiger partial charge in [0.25, 0.3) is 0 Å². The standard InChI is InChI=1S/C24H44NO2.BrH/c1-6-10-11-12-13-17-20-24(5,27-23-18-15-14-16-19-23)25(8-3,9-4)21-22(26)7-2;/h14-16,18-19,22,26H,6-13,17,20-21H2,1-5H3;1H/q+1;/p-1. The van der Waals surface area contributed by atoms with Crippen LogP contribution in [0.25, 0.3) is 0 Å². The van der Waals surface area contributed by atoms with Crippen LogP contribution in [0.2, 0.25) is 0 Å². The summed E-state index contributed by atoms with van der Waals surface area (Å²) in [5, 5.41) is 10.5. The molecule has 0 radical (unpaired) electrons. The Morgan fingerprint density at radius 3 is 2.04 bits per heavy atom. The third-order valence-electron chi connectivity index (χ3n) is 6.32. The summed E-state index contributed by atoms with van der Waals surface area (Å²) in [7, 11) is 0. The second-order valence-electron chi connectivity index (χ2n) is 8.13. The second-order valence-corrected chi connectivity index (χ2v) is 8.13. The number of aliphatic hydroxyl groups is 1. The van der Waals surface area contributed by atoms with Crippen molar-refractivity contribution in [2.24, 2.45) is 0 Å². The van der Waals surface area contributed by atoms with Gasteiger partial charge in [-0.05, 0) is 38.8 Å². The van der Waals surface area contributed by atoms with E-state index in [9.17, 15) is 5.11 Å². The van der Waals surface area contributed by atoms with E-state index in [1.807, 2.05) is 18.2 Å². The zero-order chi connectivity index (χ0) is 20.2. The maximum atomic E-state index is 10.5. The number of nitrogens with zero attached hydrogens (tertiary/aromatic N) is 1. The monoisotopic (exact) mass is 457 g/mol. The van der Waals surface area contributed by atoms with Gasteiger partial charge in [0, 0.05) is 13.3 Å². The maximum absolute atomic E-state index is 10.5. The highest BCUT2D eigenvalue weighted by molar-refractivity contribution is 5.21. The van der Waals surface area contributed by atoms with E-state index in [0.717, 1.165) is 42.7 Å². The van der Waals surface area contributed by atoms with Crippen LogP contribution in [0.3, 0.4) is 0 Å². The Kier molecular flexibility index (Phi) is 14.1. The number of ether oxygens (including phenoxy) is 1. The lowest BCUT2D eigenvalue weighted by atomic mass is 9.98. The Bertz CT molecular complexity index is 493. The molecule has 1 aromatic carbocycles. The van der Waals surface area contributed by atoms with E-state index < -0.39 is 0 Å². The lowest BCUT2D eigenvalue weighted by Gasteiger charge is -2.51. The van der Waals surface area contributed by atoms with Crippen LogP contribution in [-0.2, 0) is 0 Å². The number of benzene rings is 1.